The summed E-state index contributed by atoms with van der Waals surface area (Å²) in [5.74, 6) is 0.279. The number of nitrogens with one attached hydrogen (secondary N) is 1. The van der Waals surface area contributed by atoms with Crippen molar-refractivity contribution in [3.8, 4) is 11.1 Å². The third-order valence-corrected chi connectivity index (χ3v) is 5.01. The number of hydrogen-bond acceptors (Lipinski definition) is 2. The maximum atomic E-state index is 12.5. The van der Waals surface area contributed by atoms with Crippen LogP contribution in [-0.2, 0) is 4.79 Å². The molecule has 1 unspecified atom stereocenters. The fourth-order valence-corrected chi connectivity index (χ4v) is 3.54. The number of amides is 1. The topological polar surface area (TPSA) is 32.3 Å². The van der Waals surface area contributed by atoms with Crippen molar-refractivity contribution < 1.29 is 4.79 Å². The Bertz CT molecular complexity index is 683. The molecule has 2 aromatic rings. The maximum absolute atomic E-state index is 12.5. The average molecular weight is 336 g/mol. The second kappa shape index (κ2) is 8.70. The van der Waals surface area contributed by atoms with Gasteiger partial charge in [-0.1, -0.05) is 55.3 Å². The first kappa shape index (κ1) is 17.5. The van der Waals surface area contributed by atoms with Gasteiger partial charge in [-0.25, -0.2) is 0 Å². The van der Waals surface area contributed by atoms with Gasteiger partial charge < -0.3 is 10.2 Å². The summed E-state index contributed by atoms with van der Waals surface area (Å²) >= 11 is 0. The maximum Gasteiger partial charge on any atom is 0.224 e. The molecular weight excluding hydrogens is 308 g/mol. The number of carbonyl (C=O) groups is 1. The smallest absolute Gasteiger partial charge is 0.224 e. The largest absolute Gasteiger partial charge is 0.385 e. The zero-order valence-corrected chi connectivity index (χ0v) is 15.1. The quantitative estimate of drug-likeness (QED) is 0.838. The molecule has 132 valence electrons. The Balaban J connectivity index is 1.54. The number of benzene rings is 2. The molecule has 1 amide bonds. The summed E-state index contributed by atoms with van der Waals surface area (Å²) < 4.78 is 0. The Morgan fingerprint density at radius 3 is 2.68 bits per heavy atom. The Morgan fingerprint density at radius 1 is 1.04 bits per heavy atom. The van der Waals surface area contributed by atoms with Crippen molar-refractivity contribution in [2.24, 2.45) is 0 Å². The Kier molecular flexibility index (Phi) is 6.10. The molecule has 3 rings (SSSR count). The van der Waals surface area contributed by atoms with Gasteiger partial charge in [0.15, 0.2) is 0 Å². The van der Waals surface area contributed by atoms with Crippen molar-refractivity contribution in [2.75, 3.05) is 18.4 Å². The summed E-state index contributed by atoms with van der Waals surface area (Å²) in [5.41, 5.74) is 3.47. The fourth-order valence-electron chi connectivity index (χ4n) is 3.54. The highest BCUT2D eigenvalue weighted by atomic mass is 16.2. The van der Waals surface area contributed by atoms with Crippen LogP contribution in [0.1, 0.15) is 39.0 Å². The molecule has 25 heavy (non-hydrogen) atoms. The van der Waals surface area contributed by atoms with E-state index in [1.807, 2.05) is 6.07 Å². The number of rotatable bonds is 5. The first-order valence-electron chi connectivity index (χ1n) is 9.43. The van der Waals surface area contributed by atoms with Crippen LogP contribution >= 0.6 is 0 Å². The summed E-state index contributed by atoms with van der Waals surface area (Å²) in [5, 5.41) is 3.41. The lowest BCUT2D eigenvalue weighted by Gasteiger charge is -2.27. The van der Waals surface area contributed by atoms with E-state index < -0.39 is 0 Å². The molecule has 3 nitrogen and oxygen atoms in total. The van der Waals surface area contributed by atoms with Crippen LogP contribution in [0.5, 0.6) is 0 Å². The molecule has 0 saturated carbocycles. The Hall–Kier alpha value is -2.29. The van der Waals surface area contributed by atoms with Crippen LogP contribution in [0.2, 0.25) is 0 Å². The standard InChI is InChI=1S/C22H28N2O/c1-18-9-4-3-7-16-24(18)22(25)14-15-23-21-13-8-12-20(17-21)19-10-5-2-6-11-19/h2,5-6,8,10-13,17-18,23H,3-4,7,9,14-16H2,1H3. The Morgan fingerprint density at radius 2 is 1.84 bits per heavy atom. The van der Waals surface area contributed by atoms with Gasteiger partial charge in [-0.3, -0.25) is 4.79 Å². The van der Waals surface area contributed by atoms with Crippen molar-refractivity contribution in [3.63, 3.8) is 0 Å². The van der Waals surface area contributed by atoms with Crippen LogP contribution in [0.3, 0.4) is 0 Å². The van der Waals surface area contributed by atoms with E-state index in [-0.39, 0.29) is 5.91 Å². The third-order valence-electron chi connectivity index (χ3n) is 5.01. The van der Waals surface area contributed by atoms with E-state index in [0.717, 1.165) is 25.1 Å². The molecule has 0 aromatic heterocycles. The van der Waals surface area contributed by atoms with E-state index in [1.54, 1.807) is 0 Å². The van der Waals surface area contributed by atoms with Crippen LogP contribution in [-0.4, -0.2) is 29.9 Å². The molecule has 1 N–H and O–H groups in total. The molecule has 0 radical (unpaired) electrons. The van der Waals surface area contributed by atoms with Crippen LogP contribution in [0.4, 0.5) is 5.69 Å². The minimum Gasteiger partial charge on any atom is -0.385 e. The number of likely N-dealkylation sites (tertiary alicyclic amines) is 1. The van der Waals surface area contributed by atoms with Crippen LogP contribution in [0, 0.1) is 0 Å². The molecular formula is C22H28N2O. The second-order valence-corrected chi connectivity index (χ2v) is 6.91. The van der Waals surface area contributed by atoms with E-state index in [9.17, 15) is 4.79 Å². The van der Waals surface area contributed by atoms with Gasteiger partial charge in [0, 0.05) is 31.2 Å². The third kappa shape index (κ3) is 4.85. The SMILES string of the molecule is CC1CCCCCN1C(=O)CCNc1cccc(-c2ccccc2)c1. The number of anilines is 1. The lowest BCUT2D eigenvalue weighted by atomic mass is 10.1. The lowest BCUT2D eigenvalue weighted by Crippen LogP contribution is -2.38. The summed E-state index contributed by atoms with van der Waals surface area (Å²) in [7, 11) is 0. The van der Waals surface area contributed by atoms with Gasteiger partial charge in [0.2, 0.25) is 5.91 Å². The van der Waals surface area contributed by atoms with Crippen LogP contribution in [0.25, 0.3) is 11.1 Å². The van der Waals surface area contributed by atoms with Gasteiger partial charge in [-0.15, -0.1) is 0 Å². The van der Waals surface area contributed by atoms with Gasteiger partial charge >= 0.3 is 0 Å². The van der Waals surface area contributed by atoms with E-state index in [1.165, 1.54) is 24.0 Å². The number of hydrogen-bond donors (Lipinski definition) is 1. The zero-order chi connectivity index (χ0) is 17.5. The molecule has 0 aliphatic carbocycles. The van der Waals surface area contributed by atoms with Gasteiger partial charge in [-0.05, 0) is 43.0 Å². The van der Waals surface area contributed by atoms with Crippen molar-refractivity contribution in [1.82, 2.24) is 4.90 Å². The van der Waals surface area contributed by atoms with E-state index >= 15 is 0 Å². The second-order valence-electron chi connectivity index (χ2n) is 6.91. The predicted octanol–water partition coefficient (Wildman–Crippen LogP) is 4.95. The monoisotopic (exact) mass is 336 g/mol. The molecule has 0 bridgehead atoms. The molecule has 1 fully saturated rings. The van der Waals surface area contributed by atoms with E-state index in [4.69, 9.17) is 0 Å². The van der Waals surface area contributed by atoms with Gasteiger partial charge in [-0.2, -0.15) is 0 Å². The van der Waals surface area contributed by atoms with Crippen molar-refractivity contribution in [1.29, 1.82) is 0 Å². The highest BCUT2D eigenvalue weighted by Gasteiger charge is 2.21. The van der Waals surface area contributed by atoms with Crippen molar-refractivity contribution >= 4 is 11.6 Å². The predicted molar refractivity (Wildman–Crippen MR) is 105 cm³/mol. The van der Waals surface area contributed by atoms with E-state index in [2.05, 4.69) is 65.7 Å². The zero-order valence-electron chi connectivity index (χ0n) is 15.1. The van der Waals surface area contributed by atoms with Crippen molar-refractivity contribution in [2.45, 2.75) is 45.1 Å². The summed E-state index contributed by atoms with van der Waals surface area (Å²) in [6.07, 6.45) is 5.33. The Labute approximate surface area is 151 Å². The average Bonchev–Trinajstić information content (AvgIpc) is 2.87. The molecule has 0 spiro atoms. The summed E-state index contributed by atoms with van der Waals surface area (Å²) in [4.78, 5) is 14.6. The van der Waals surface area contributed by atoms with Gasteiger partial charge in [0.05, 0.1) is 0 Å². The normalized spacial score (nSPS) is 17.8. The molecule has 1 aliphatic heterocycles. The molecule has 1 saturated heterocycles. The fraction of sp³-hybridized carbons (Fsp3) is 0.409. The van der Waals surface area contributed by atoms with Crippen molar-refractivity contribution in [3.05, 3.63) is 54.6 Å². The summed E-state index contributed by atoms with van der Waals surface area (Å²) in [6.45, 7) is 3.78. The van der Waals surface area contributed by atoms with Crippen LogP contribution < -0.4 is 5.32 Å². The van der Waals surface area contributed by atoms with E-state index in [0.29, 0.717) is 19.0 Å². The minimum atomic E-state index is 0.279. The van der Waals surface area contributed by atoms with Gasteiger partial charge in [0.25, 0.3) is 0 Å². The first-order valence-corrected chi connectivity index (χ1v) is 9.43. The molecule has 2 aromatic carbocycles. The minimum absolute atomic E-state index is 0.279. The summed E-state index contributed by atoms with van der Waals surface area (Å²) in [6, 6.07) is 19.1. The molecule has 1 heterocycles. The highest BCUT2D eigenvalue weighted by molar-refractivity contribution is 5.77. The molecule has 1 aliphatic rings. The highest BCUT2D eigenvalue weighted by Crippen LogP contribution is 2.22. The number of nitrogens with zero attached hydrogens (tertiary/aromatic N) is 1. The number of carbonyl (C=O) groups excluding carboxylic acids is 1. The first-order chi connectivity index (χ1) is 12.2. The lowest BCUT2D eigenvalue weighted by molar-refractivity contribution is -0.132. The van der Waals surface area contributed by atoms with Gasteiger partial charge in [0.1, 0.15) is 0 Å². The van der Waals surface area contributed by atoms with Crippen LogP contribution in [0.15, 0.2) is 54.6 Å². The molecule has 3 heteroatoms. The molecule has 1 atom stereocenters.